The van der Waals surface area contributed by atoms with Crippen molar-refractivity contribution in [2.75, 3.05) is 26.7 Å². The fourth-order valence-corrected chi connectivity index (χ4v) is 2.47. The molecule has 1 fully saturated rings. The fourth-order valence-electron chi connectivity index (χ4n) is 2.47. The molecule has 1 N–H and O–H groups in total. The van der Waals surface area contributed by atoms with Crippen molar-refractivity contribution in [2.24, 2.45) is 0 Å². The normalized spacial score (nSPS) is 17.5. The number of methoxy groups -OCH3 is 1. The summed E-state index contributed by atoms with van der Waals surface area (Å²) in [6, 6.07) is 3.81. The summed E-state index contributed by atoms with van der Waals surface area (Å²) in [6.07, 6.45) is 5.40. The Labute approximate surface area is 120 Å². The van der Waals surface area contributed by atoms with Gasteiger partial charge in [-0.2, -0.15) is 0 Å². The first-order valence-electron chi connectivity index (χ1n) is 7.23. The first kappa shape index (κ1) is 14.8. The van der Waals surface area contributed by atoms with Gasteiger partial charge in [-0.15, -0.1) is 0 Å². The minimum atomic E-state index is -0.0796. The highest BCUT2D eigenvalue weighted by molar-refractivity contribution is 5.93. The molecule has 1 aliphatic rings. The molecule has 1 saturated heterocycles. The van der Waals surface area contributed by atoms with Gasteiger partial charge in [-0.1, -0.05) is 6.42 Å². The van der Waals surface area contributed by atoms with E-state index >= 15 is 0 Å². The molecule has 1 amide bonds. The average molecular weight is 277 g/mol. The molecule has 1 aromatic heterocycles. The summed E-state index contributed by atoms with van der Waals surface area (Å²) in [5, 5.41) is 2.97. The molecule has 20 heavy (non-hydrogen) atoms. The van der Waals surface area contributed by atoms with E-state index in [1.54, 1.807) is 25.4 Å². The lowest BCUT2D eigenvalue weighted by atomic mass is 10.1. The highest BCUT2D eigenvalue weighted by Gasteiger charge is 2.17. The Morgan fingerprint density at radius 1 is 1.40 bits per heavy atom. The van der Waals surface area contributed by atoms with Gasteiger partial charge < -0.3 is 10.1 Å². The van der Waals surface area contributed by atoms with Crippen molar-refractivity contribution >= 4 is 5.91 Å². The van der Waals surface area contributed by atoms with E-state index in [-0.39, 0.29) is 5.91 Å². The molecule has 1 aromatic rings. The number of nitrogens with one attached hydrogen (secondary N) is 1. The van der Waals surface area contributed by atoms with Crippen molar-refractivity contribution in [3.05, 3.63) is 23.9 Å². The summed E-state index contributed by atoms with van der Waals surface area (Å²) >= 11 is 0. The quantitative estimate of drug-likeness (QED) is 0.890. The summed E-state index contributed by atoms with van der Waals surface area (Å²) in [5.41, 5.74) is 0.566. The van der Waals surface area contributed by atoms with Crippen LogP contribution in [0.15, 0.2) is 18.3 Å². The van der Waals surface area contributed by atoms with Crippen LogP contribution in [0.3, 0.4) is 0 Å². The molecule has 1 atom stereocenters. The number of carbonyl (C=O) groups excluding carboxylic acids is 1. The largest absolute Gasteiger partial charge is 0.481 e. The van der Waals surface area contributed by atoms with Crippen LogP contribution in [0.2, 0.25) is 0 Å². The zero-order valence-corrected chi connectivity index (χ0v) is 12.3. The second-order valence-electron chi connectivity index (χ2n) is 5.24. The second-order valence-corrected chi connectivity index (χ2v) is 5.24. The van der Waals surface area contributed by atoms with Crippen molar-refractivity contribution in [1.82, 2.24) is 15.2 Å². The maximum Gasteiger partial charge on any atom is 0.252 e. The third-order valence-electron chi connectivity index (χ3n) is 3.78. The average Bonchev–Trinajstić information content (AvgIpc) is 2.53. The van der Waals surface area contributed by atoms with Gasteiger partial charge in [0.2, 0.25) is 5.88 Å². The molecule has 0 radical (unpaired) electrons. The van der Waals surface area contributed by atoms with Crippen molar-refractivity contribution in [3.8, 4) is 5.88 Å². The zero-order valence-electron chi connectivity index (χ0n) is 12.3. The Balaban J connectivity index is 1.81. The van der Waals surface area contributed by atoms with E-state index in [1.165, 1.54) is 19.3 Å². The van der Waals surface area contributed by atoms with Crippen molar-refractivity contribution in [2.45, 2.75) is 32.2 Å². The minimum absolute atomic E-state index is 0.0796. The molecule has 2 rings (SSSR count). The number of ether oxygens (including phenoxy) is 1. The van der Waals surface area contributed by atoms with Crippen LogP contribution in [0.5, 0.6) is 5.88 Å². The Kier molecular flexibility index (Phi) is 5.35. The van der Waals surface area contributed by atoms with E-state index in [0.29, 0.717) is 24.0 Å². The van der Waals surface area contributed by atoms with Crippen LogP contribution in [0.4, 0.5) is 0 Å². The van der Waals surface area contributed by atoms with Gasteiger partial charge in [0.15, 0.2) is 0 Å². The second kappa shape index (κ2) is 7.24. The van der Waals surface area contributed by atoms with Crippen LogP contribution >= 0.6 is 0 Å². The van der Waals surface area contributed by atoms with Crippen LogP contribution in [0.25, 0.3) is 0 Å². The van der Waals surface area contributed by atoms with Crippen molar-refractivity contribution in [1.29, 1.82) is 0 Å². The Bertz CT molecular complexity index is 427. The molecule has 1 aliphatic heterocycles. The Morgan fingerprint density at radius 2 is 2.15 bits per heavy atom. The summed E-state index contributed by atoms with van der Waals surface area (Å²) in [4.78, 5) is 18.5. The molecular weight excluding hydrogens is 254 g/mol. The third-order valence-corrected chi connectivity index (χ3v) is 3.78. The van der Waals surface area contributed by atoms with E-state index in [2.05, 4.69) is 22.1 Å². The van der Waals surface area contributed by atoms with E-state index < -0.39 is 0 Å². The highest BCUT2D eigenvalue weighted by atomic mass is 16.5. The van der Waals surface area contributed by atoms with Gasteiger partial charge in [-0.05, 0) is 38.9 Å². The van der Waals surface area contributed by atoms with Gasteiger partial charge in [0.1, 0.15) is 0 Å². The van der Waals surface area contributed by atoms with Crippen molar-refractivity contribution < 1.29 is 9.53 Å². The number of rotatable bonds is 5. The molecule has 0 bridgehead atoms. The monoisotopic (exact) mass is 277 g/mol. The van der Waals surface area contributed by atoms with E-state index in [4.69, 9.17) is 4.74 Å². The molecule has 5 heteroatoms. The zero-order chi connectivity index (χ0) is 14.4. The van der Waals surface area contributed by atoms with Gasteiger partial charge in [0, 0.05) is 24.8 Å². The lowest BCUT2D eigenvalue weighted by Gasteiger charge is -2.32. The lowest BCUT2D eigenvalue weighted by Crippen LogP contribution is -2.44. The molecule has 0 spiro atoms. The van der Waals surface area contributed by atoms with Crippen molar-refractivity contribution in [3.63, 3.8) is 0 Å². The number of nitrogens with zero attached hydrogens (tertiary/aromatic N) is 2. The number of amides is 1. The minimum Gasteiger partial charge on any atom is -0.481 e. The van der Waals surface area contributed by atoms with E-state index in [9.17, 15) is 4.79 Å². The third kappa shape index (κ3) is 3.93. The van der Waals surface area contributed by atoms with Crippen LogP contribution in [0, 0.1) is 0 Å². The standard InChI is InChI=1S/C15H23N3O2/c1-12(18-8-4-3-5-9-18)10-17-15(19)13-6-7-14(20-2)16-11-13/h6-7,11-12H,3-5,8-10H2,1-2H3,(H,17,19)/t12-/m1/s1. The summed E-state index contributed by atoms with van der Waals surface area (Å²) in [5.74, 6) is 0.437. The van der Waals surface area contributed by atoms with E-state index in [1.807, 2.05) is 0 Å². The Morgan fingerprint density at radius 3 is 2.75 bits per heavy atom. The number of likely N-dealkylation sites (tertiary alicyclic amines) is 1. The van der Waals surface area contributed by atoms with Gasteiger partial charge in [0.25, 0.3) is 5.91 Å². The van der Waals surface area contributed by atoms with Crippen LogP contribution in [-0.4, -0.2) is 48.6 Å². The Hall–Kier alpha value is -1.62. The lowest BCUT2D eigenvalue weighted by molar-refractivity contribution is 0.0929. The molecule has 110 valence electrons. The summed E-state index contributed by atoms with van der Waals surface area (Å²) in [7, 11) is 1.56. The maximum atomic E-state index is 12.0. The van der Waals surface area contributed by atoms with Crippen LogP contribution < -0.4 is 10.1 Å². The number of hydrogen-bond acceptors (Lipinski definition) is 4. The number of aromatic nitrogens is 1. The topological polar surface area (TPSA) is 54.5 Å². The molecule has 0 saturated carbocycles. The number of carbonyl (C=O) groups is 1. The van der Waals surface area contributed by atoms with Gasteiger partial charge >= 0.3 is 0 Å². The molecule has 0 aromatic carbocycles. The predicted octanol–water partition coefficient (Wildman–Crippen LogP) is 1.69. The van der Waals surface area contributed by atoms with Gasteiger partial charge in [0.05, 0.1) is 12.7 Å². The van der Waals surface area contributed by atoms with Gasteiger partial charge in [-0.25, -0.2) is 4.98 Å². The molecular formula is C15H23N3O2. The van der Waals surface area contributed by atoms with Gasteiger partial charge in [-0.3, -0.25) is 9.69 Å². The molecule has 0 aliphatic carbocycles. The van der Waals surface area contributed by atoms with E-state index in [0.717, 1.165) is 13.1 Å². The SMILES string of the molecule is COc1ccc(C(=O)NC[C@@H](C)N2CCCCC2)cn1. The summed E-state index contributed by atoms with van der Waals surface area (Å²) < 4.78 is 4.98. The number of hydrogen-bond donors (Lipinski definition) is 1. The highest BCUT2D eigenvalue weighted by Crippen LogP contribution is 2.12. The number of piperidine rings is 1. The van der Waals surface area contributed by atoms with Crippen LogP contribution in [0.1, 0.15) is 36.5 Å². The first-order chi connectivity index (χ1) is 9.70. The molecule has 5 nitrogen and oxygen atoms in total. The summed E-state index contributed by atoms with van der Waals surface area (Å²) in [6.45, 7) is 5.12. The smallest absolute Gasteiger partial charge is 0.252 e. The molecule has 2 heterocycles. The van der Waals surface area contributed by atoms with Crippen LogP contribution in [-0.2, 0) is 0 Å². The fraction of sp³-hybridized carbons (Fsp3) is 0.600. The first-order valence-corrected chi connectivity index (χ1v) is 7.23. The number of pyridine rings is 1. The molecule has 0 unspecified atom stereocenters. The maximum absolute atomic E-state index is 12.0. The predicted molar refractivity (Wildman–Crippen MR) is 78.0 cm³/mol.